The minimum atomic E-state index is -3.12. The molecule has 1 aromatic rings. The van der Waals surface area contributed by atoms with E-state index < -0.39 is 15.8 Å². The maximum absolute atomic E-state index is 12.1. The van der Waals surface area contributed by atoms with E-state index in [0.717, 1.165) is 0 Å². The molecule has 1 aromatic carbocycles. The van der Waals surface area contributed by atoms with E-state index in [0.29, 0.717) is 17.1 Å². The second-order valence-electron chi connectivity index (χ2n) is 5.32. The van der Waals surface area contributed by atoms with E-state index in [2.05, 4.69) is 5.32 Å². The van der Waals surface area contributed by atoms with Gasteiger partial charge in [-0.1, -0.05) is 23.7 Å². The molecule has 0 aromatic heterocycles. The summed E-state index contributed by atoms with van der Waals surface area (Å²) in [5.41, 5.74) is 0.471. The molecule has 8 heteroatoms. The van der Waals surface area contributed by atoms with Gasteiger partial charge < -0.3 is 10.2 Å². The summed E-state index contributed by atoms with van der Waals surface area (Å²) in [5, 5.41) is 3.03. The van der Waals surface area contributed by atoms with Crippen LogP contribution < -0.4 is 5.32 Å². The molecule has 1 saturated heterocycles. The van der Waals surface area contributed by atoms with E-state index in [1.54, 1.807) is 24.3 Å². The fraction of sp³-hybridized carbons (Fsp3) is 0.429. The lowest BCUT2D eigenvalue weighted by Gasteiger charge is -2.20. The van der Waals surface area contributed by atoms with Crippen LogP contribution in [0.3, 0.4) is 0 Å². The molecular formula is C14H17ClN2O4S. The molecular weight excluding hydrogens is 328 g/mol. The van der Waals surface area contributed by atoms with Gasteiger partial charge in [0.25, 0.3) is 0 Å². The van der Waals surface area contributed by atoms with Gasteiger partial charge in [-0.2, -0.15) is 0 Å². The number of halogens is 1. The molecule has 1 aliphatic heterocycles. The number of sulfone groups is 1. The highest BCUT2D eigenvalue weighted by Gasteiger charge is 2.34. The van der Waals surface area contributed by atoms with Gasteiger partial charge in [0.05, 0.1) is 34.7 Å². The van der Waals surface area contributed by atoms with Gasteiger partial charge in [0, 0.05) is 7.05 Å². The van der Waals surface area contributed by atoms with E-state index in [1.165, 1.54) is 11.9 Å². The lowest BCUT2D eigenvalue weighted by Crippen LogP contribution is -2.39. The number of likely N-dealkylation sites (N-methyl/N-ethyl adjacent to an activating group) is 1. The second kappa shape index (κ2) is 6.66. The highest BCUT2D eigenvalue weighted by atomic mass is 35.5. The number of hydrogen-bond donors (Lipinski definition) is 1. The molecule has 1 unspecified atom stereocenters. The van der Waals surface area contributed by atoms with Crippen LogP contribution in [0.4, 0.5) is 5.69 Å². The van der Waals surface area contributed by atoms with Gasteiger partial charge >= 0.3 is 0 Å². The Morgan fingerprint density at radius 1 is 1.36 bits per heavy atom. The summed E-state index contributed by atoms with van der Waals surface area (Å²) in [6, 6.07) is 6.79. The maximum Gasteiger partial charge on any atom is 0.244 e. The van der Waals surface area contributed by atoms with Crippen LogP contribution in [0, 0.1) is 5.92 Å². The molecule has 1 atom stereocenters. The lowest BCUT2D eigenvalue weighted by molar-refractivity contribution is -0.136. The van der Waals surface area contributed by atoms with Crippen molar-refractivity contribution in [3.8, 4) is 0 Å². The molecule has 2 rings (SSSR count). The normalized spacial score (nSPS) is 19.6. The molecule has 0 radical (unpaired) electrons. The van der Waals surface area contributed by atoms with Gasteiger partial charge in [0.1, 0.15) is 0 Å². The number of rotatable bonds is 4. The predicted octanol–water partition coefficient (Wildman–Crippen LogP) is 1.17. The summed E-state index contributed by atoms with van der Waals surface area (Å²) in [7, 11) is -1.64. The molecule has 1 heterocycles. The van der Waals surface area contributed by atoms with E-state index in [4.69, 9.17) is 11.6 Å². The second-order valence-corrected chi connectivity index (χ2v) is 7.96. The van der Waals surface area contributed by atoms with Gasteiger partial charge in [-0.25, -0.2) is 8.42 Å². The van der Waals surface area contributed by atoms with E-state index >= 15 is 0 Å². The molecule has 1 fully saturated rings. The van der Waals surface area contributed by atoms with Crippen LogP contribution in [0.25, 0.3) is 0 Å². The molecule has 1 aliphatic rings. The van der Waals surface area contributed by atoms with Crippen molar-refractivity contribution in [2.24, 2.45) is 5.92 Å². The molecule has 0 aliphatic carbocycles. The Morgan fingerprint density at radius 3 is 2.64 bits per heavy atom. The largest absolute Gasteiger partial charge is 0.336 e. The summed E-state index contributed by atoms with van der Waals surface area (Å²) in [4.78, 5) is 25.3. The van der Waals surface area contributed by atoms with Crippen molar-refractivity contribution in [1.82, 2.24) is 4.90 Å². The Labute approximate surface area is 134 Å². The van der Waals surface area contributed by atoms with Crippen molar-refractivity contribution in [1.29, 1.82) is 0 Å². The quantitative estimate of drug-likeness (QED) is 0.888. The van der Waals surface area contributed by atoms with E-state index in [9.17, 15) is 18.0 Å². The summed E-state index contributed by atoms with van der Waals surface area (Å²) in [6.45, 7) is -0.152. The predicted molar refractivity (Wildman–Crippen MR) is 84.5 cm³/mol. The van der Waals surface area contributed by atoms with Crippen LogP contribution in [-0.2, 0) is 19.4 Å². The van der Waals surface area contributed by atoms with Crippen molar-refractivity contribution >= 4 is 38.9 Å². The SMILES string of the molecule is CN(CC(=O)Nc1ccccc1Cl)C(=O)C1CCS(=O)(=O)C1. The van der Waals surface area contributed by atoms with Crippen LogP contribution in [0.5, 0.6) is 0 Å². The van der Waals surface area contributed by atoms with Crippen LogP contribution in [-0.4, -0.2) is 50.2 Å². The third kappa shape index (κ3) is 4.20. The minimum absolute atomic E-state index is 0.0308. The van der Waals surface area contributed by atoms with E-state index in [1.807, 2.05) is 0 Å². The summed E-state index contributed by atoms with van der Waals surface area (Å²) in [6.07, 6.45) is 0.317. The average molecular weight is 345 g/mol. The molecule has 0 saturated carbocycles. The van der Waals surface area contributed by atoms with Crippen LogP contribution in [0.1, 0.15) is 6.42 Å². The first-order chi connectivity index (χ1) is 10.3. The van der Waals surface area contributed by atoms with Crippen molar-refractivity contribution in [3.63, 3.8) is 0 Å². The highest BCUT2D eigenvalue weighted by Crippen LogP contribution is 2.21. The van der Waals surface area contributed by atoms with Crippen LogP contribution in [0.15, 0.2) is 24.3 Å². The van der Waals surface area contributed by atoms with Gasteiger partial charge in [-0.3, -0.25) is 9.59 Å². The first kappa shape index (κ1) is 16.8. The number of nitrogens with one attached hydrogen (secondary N) is 1. The summed E-state index contributed by atoms with van der Waals surface area (Å²) in [5.74, 6) is -1.37. The third-order valence-corrected chi connectivity index (χ3v) is 5.58. The van der Waals surface area contributed by atoms with Gasteiger partial charge in [-0.05, 0) is 18.6 Å². The molecule has 0 spiro atoms. The van der Waals surface area contributed by atoms with Crippen LogP contribution >= 0.6 is 11.6 Å². The Balaban J connectivity index is 1.91. The molecule has 120 valence electrons. The third-order valence-electron chi connectivity index (χ3n) is 3.49. The highest BCUT2D eigenvalue weighted by molar-refractivity contribution is 7.91. The standard InChI is InChI=1S/C14H17ClN2O4S/c1-17(14(19)10-6-7-22(20,21)9-10)8-13(18)16-12-5-3-2-4-11(12)15/h2-5,10H,6-9H2,1H3,(H,16,18). The Morgan fingerprint density at radius 2 is 2.05 bits per heavy atom. The Kier molecular flexibility index (Phi) is 5.08. The fourth-order valence-corrected chi connectivity index (χ4v) is 4.26. The van der Waals surface area contributed by atoms with E-state index in [-0.39, 0.29) is 29.9 Å². The number of anilines is 1. The Hall–Kier alpha value is -1.60. The number of carbonyl (C=O) groups excluding carboxylic acids is 2. The van der Waals surface area contributed by atoms with Crippen LogP contribution in [0.2, 0.25) is 5.02 Å². The van der Waals surface area contributed by atoms with Crippen molar-refractivity contribution < 1.29 is 18.0 Å². The number of amides is 2. The summed E-state index contributed by atoms with van der Waals surface area (Å²) >= 11 is 5.94. The lowest BCUT2D eigenvalue weighted by atomic mass is 10.1. The zero-order chi connectivity index (χ0) is 16.3. The molecule has 2 amide bonds. The number of carbonyl (C=O) groups is 2. The molecule has 22 heavy (non-hydrogen) atoms. The molecule has 0 bridgehead atoms. The van der Waals surface area contributed by atoms with Crippen molar-refractivity contribution in [3.05, 3.63) is 29.3 Å². The number of benzene rings is 1. The maximum atomic E-state index is 12.1. The minimum Gasteiger partial charge on any atom is -0.336 e. The number of para-hydroxylation sites is 1. The number of hydrogen-bond acceptors (Lipinski definition) is 4. The first-order valence-electron chi connectivity index (χ1n) is 6.78. The smallest absolute Gasteiger partial charge is 0.244 e. The van der Waals surface area contributed by atoms with Gasteiger partial charge in [-0.15, -0.1) is 0 Å². The fourth-order valence-electron chi connectivity index (χ4n) is 2.35. The Bertz CT molecular complexity index is 690. The summed E-state index contributed by atoms with van der Waals surface area (Å²) < 4.78 is 22.8. The van der Waals surface area contributed by atoms with Crippen molar-refractivity contribution in [2.75, 3.05) is 30.4 Å². The van der Waals surface area contributed by atoms with Gasteiger partial charge in [0.15, 0.2) is 9.84 Å². The molecule has 1 N–H and O–H groups in total. The average Bonchev–Trinajstić information content (AvgIpc) is 2.80. The zero-order valence-corrected chi connectivity index (χ0v) is 13.7. The van der Waals surface area contributed by atoms with Gasteiger partial charge in [0.2, 0.25) is 11.8 Å². The monoisotopic (exact) mass is 344 g/mol. The topological polar surface area (TPSA) is 83.6 Å². The zero-order valence-electron chi connectivity index (χ0n) is 12.1. The molecule has 6 nitrogen and oxygen atoms in total. The number of nitrogens with zero attached hydrogens (tertiary/aromatic N) is 1. The van der Waals surface area contributed by atoms with Crippen molar-refractivity contribution in [2.45, 2.75) is 6.42 Å². The first-order valence-corrected chi connectivity index (χ1v) is 8.98.